The van der Waals surface area contributed by atoms with Crippen LogP contribution in [0.3, 0.4) is 0 Å². The van der Waals surface area contributed by atoms with Crippen molar-refractivity contribution in [2.45, 2.75) is 13.5 Å². The maximum absolute atomic E-state index is 12.9. The molecule has 2 aliphatic heterocycles. The summed E-state index contributed by atoms with van der Waals surface area (Å²) in [5, 5.41) is 4.21. The Bertz CT molecular complexity index is 1420. The number of aryl methyl sites for hydroxylation is 1. The summed E-state index contributed by atoms with van der Waals surface area (Å²) in [5.41, 5.74) is 4.22. The number of rotatable bonds is 7. The number of fused-ring (bicyclic) bond motifs is 1. The third-order valence-electron chi connectivity index (χ3n) is 7.44. The van der Waals surface area contributed by atoms with Gasteiger partial charge in [0, 0.05) is 80.4 Å². The highest BCUT2D eigenvalue weighted by molar-refractivity contribution is 5.95. The number of carbonyl (C=O) groups excluding carboxylic acids is 1. The van der Waals surface area contributed by atoms with Crippen LogP contribution < -0.4 is 15.1 Å². The number of aromatic nitrogens is 3. The van der Waals surface area contributed by atoms with Crippen molar-refractivity contribution in [3.8, 4) is 0 Å². The van der Waals surface area contributed by atoms with Crippen LogP contribution in [0.2, 0.25) is 0 Å². The first kappa shape index (κ1) is 25.3. The number of hydrogen-bond acceptors (Lipinski definition) is 7. The van der Waals surface area contributed by atoms with Crippen molar-refractivity contribution in [2.75, 3.05) is 74.1 Å². The van der Waals surface area contributed by atoms with Gasteiger partial charge in [0.15, 0.2) is 0 Å². The SMILES string of the molecule is Cc1cc(N2CCN(CC(=O)Nc3ccc4c(ccn4Cc4ccccc4)c3)CC2)nc(N2CCOCC2)n1. The van der Waals surface area contributed by atoms with Gasteiger partial charge in [0.25, 0.3) is 0 Å². The van der Waals surface area contributed by atoms with E-state index in [2.05, 4.69) is 84.3 Å². The van der Waals surface area contributed by atoms with Gasteiger partial charge < -0.3 is 24.4 Å². The first-order chi connectivity index (χ1) is 19.1. The van der Waals surface area contributed by atoms with Crippen molar-refractivity contribution in [1.29, 1.82) is 0 Å². The lowest BCUT2D eigenvalue weighted by Gasteiger charge is -2.35. The van der Waals surface area contributed by atoms with Crippen LogP contribution in [0.15, 0.2) is 66.9 Å². The van der Waals surface area contributed by atoms with E-state index < -0.39 is 0 Å². The van der Waals surface area contributed by atoms with Crippen molar-refractivity contribution < 1.29 is 9.53 Å². The molecule has 0 atom stereocenters. The van der Waals surface area contributed by atoms with Gasteiger partial charge in [-0.3, -0.25) is 9.69 Å². The number of carbonyl (C=O) groups is 1. The molecule has 2 aromatic heterocycles. The monoisotopic (exact) mass is 525 g/mol. The lowest BCUT2D eigenvalue weighted by Crippen LogP contribution is -2.49. The second-order valence-corrected chi connectivity index (χ2v) is 10.3. The molecule has 4 heterocycles. The molecule has 6 rings (SSSR count). The van der Waals surface area contributed by atoms with Gasteiger partial charge in [-0.1, -0.05) is 30.3 Å². The Morgan fingerprint density at radius 2 is 1.69 bits per heavy atom. The van der Waals surface area contributed by atoms with Gasteiger partial charge in [-0.2, -0.15) is 4.98 Å². The van der Waals surface area contributed by atoms with Crippen molar-refractivity contribution in [3.63, 3.8) is 0 Å². The zero-order valence-electron chi connectivity index (χ0n) is 22.4. The van der Waals surface area contributed by atoms with E-state index in [0.29, 0.717) is 19.8 Å². The second kappa shape index (κ2) is 11.4. The Morgan fingerprint density at radius 3 is 2.49 bits per heavy atom. The molecule has 0 spiro atoms. The topological polar surface area (TPSA) is 78.8 Å². The molecular weight excluding hydrogens is 490 g/mol. The van der Waals surface area contributed by atoms with Crippen LogP contribution in [-0.4, -0.2) is 84.4 Å². The maximum Gasteiger partial charge on any atom is 0.238 e. The molecule has 1 amide bonds. The second-order valence-electron chi connectivity index (χ2n) is 10.3. The minimum atomic E-state index is 0.0130. The lowest BCUT2D eigenvalue weighted by molar-refractivity contribution is -0.117. The Morgan fingerprint density at radius 1 is 0.897 bits per heavy atom. The molecule has 1 N–H and O–H groups in total. The molecule has 9 heteroatoms. The number of nitrogens with zero attached hydrogens (tertiary/aromatic N) is 6. The predicted molar refractivity (Wildman–Crippen MR) is 155 cm³/mol. The number of anilines is 3. The summed E-state index contributed by atoms with van der Waals surface area (Å²) in [5.74, 6) is 1.75. The molecule has 2 aromatic carbocycles. The van der Waals surface area contributed by atoms with Gasteiger partial charge in [0.05, 0.1) is 19.8 Å². The van der Waals surface area contributed by atoms with E-state index >= 15 is 0 Å². The van der Waals surface area contributed by atoms with Crippen LogP contribution in [-0.2, 0) is 16.1 Å². The molecule has 39 heavy (non-hydrogen) atoms. The van der Waals surface area contributed by atoms with Gasteiger partial charge >= 0.3 is 0 Å². The number of ether oxygens (including phenoxy) is 1. The fourth-order valence-electron chi connectivity index (χ4n) is 5.34. The van der Waals surface area contributed by atoms with Crippen LogP contribution in [0.5, 0.6) is 0 Å². The molecule has 0 aliphatic carbocycles. The van der Waals surface area contributed by atoms with Gasteiger partial charge in [-0.15, -0.1) is 0 Å². The van der Waals surface area contributed by atoms with E-state index in [1.165, 1.54) is 5.56 Å². The maximum atomic E-state index is 12.9. The molecule has 0 unspecified atom stereocenters. The van der Waals surface area contributed by atoms with E-state index in [4.69, 9.17) is 9.72 Å². The fourth-order valence-corrected chi connectivity index (χ4v) is 5.34. The Kier molecular flexibility index (Phi) is 7.42. The number of hydrogen-bond donors (Lipinski definition) is 1. The molecule has 202 valence electrons. The highest BCUT2D eigenvalue weighted by Crippen LogP contribution is 2.23. The summed E-state index contributed by atoms with van der Waals surface area (Å²) >= 11 is 0. The van der Waals surface area contributed by atoms with Crippen LogP contribution in [0, 0.1) is 6.92 Å². The molecule has 4 aromatic rings. The van der Waals surface area contributed by atoms with Crippen LogP contribution in [0.25, 0.3) is 10.9 Å². The molecule has 2 aliphatic rings. The van der Waals surface area contributed by atoms with Crippen LogP contribution in [0.1, 0.15) is 11.3 Å². The average Bonchev–Trinajstić information content (AvgIpc) is 3.35. The lowest BCUT2D eigenvalue weighted by atomic mass is 10.2. The number of nitrogens with one attached hydrogen (secondary N) is 1. The van der Waals surface area contributed by atoms with Gasteiger partial charge in [-0.05, 0) is 36.8 Å². The van der Waals surface area contributed by atoms with E-state index in [-0.39, 0.29) is 5.91 Å². The minimum absolute atomic E-state index is 0.0130. The number of morpholine rings is 1. The van der Waals surface area contributed by atoms with Gasteiger partial charge in [0.1, 0.15) is 5.82 Å². The van der Waals surface area contributed by atoms with E-state index in [0.717, 1.165) is 79.9 Å². The van der Waals surface area contributed by atoms with Crippen LogP contribution >= 0.6 is 0 Å². The smallest absolute Gasteiger partial charge is 0.238 e. The highest BCUT2D eigenvalue weighted by Gasteiger charge is 2.22. The molecule has 0 bridgehead atoms. The van der Waals surface area contributed by atoms with Gasteiger partial charge in [0.2, 0.25) is 11.9 Å². The summed E-state index contributed by atoms with van der Waals surface area (Å²) in [6.07, 6.45) is 2.10. The van der Waals surface area contributed by atoms with Crippen LogP contribution in [0.4, 0.5) is 17.5 Å². The number of benzene rings is 2. The fraction of sp³-hybridized carbons (Fsp3) is 0.367. The average molecular weight is 526 g/mol. The number of piperazine rings is 1. The standard InChI is InChI=1S/C30H35N7O2/c1-23-19-28(33-30(31-23)36-15-17-39-18-16-36)35-13-11-34(12-14-35)22-29(38)32-26-7-8-27-25(20-26)9-10-37(27)21-24-5-3-2-4-6-24/h2-10,19-20H,11-18,21-22H2,1H3,(H,32,38). The van der Waals surface area contributed by atoms with Crippen molar-refractivity contribution >= 4 is 34.3 Å². The number of amides is 1. The quantitative estimate of drug-likeness (QED) is 0.396. The van der Waals surface area contributed by atoms with E-state index in [1.807, 2.05) is 19.1 Å². The summed E-state index contributed by atoms with van der Waals surface area (Å²) < 4.78 is 7.71. The van der Waals surface area contributed by atoms with Gasteiger partial charge in [-0.25, -0.2) is 4.98 Å². The van der Waals surface area contributed by atoms with Crippen molar-refractivity contribution in [1.82, 2.24) is 19.4 Å². The predicted octanol–water partition coefficient (Wildman–Crippen LogP) is 3.39. The summed E-state index contributed by atoms with van der Waals surface area (Å²) in [6.45, 7) is 9.55. The van der Waals surface area contributed by atoms with Crippen molar-refractivity contribution in [2.24, 2.45) is 0 Å². The summed E-state index contributed by atoms with van der Waals surface area (Å²) in [7, 11) is 0. The van der Waals surface area contributed by atoms with E-state index in [9.17, 15) is 4.79 Å². The van der Waals surface area contributed by atoms with E-state index in [1.54, 1.807) is 0 Å². The molecule has 9 nitrogen and oxygen atoms in total. The molecule has 2 fully saturated rings. The Labute approximate surface area is 229 Å². The first-order valence-corrected chi connectivity index (χ1v) is 13.7. The first-order valence-electron chi connectivity index (χ1n) is 13.7. The molecule has 2 saturated heterocycles. The molecule has 0 radical (unpaired) electrons. The summed E-state index contributed by atoms with van der Waals surface area (Å²) in [4.78, 5) is 29.1. The normalized spacial score (nSPS) is 16.5. The summed E-state index contributed by atoms with van der Waals surface area (Å²) in [6, 6.07) is 20.7. The third kappa shape index (κ3) is 6.05. The minimum Gasteiger partial charge on any atom is -0.378 e. The highest BCUT2D eigenvalue weighted by atomic mass is 16.5. The van der Waals surface area contributed by atoms with Crippen molar-refractivity contribution in [3.05, 3.63) is 78.1 Å². The Balaban J connectivity index is 1.03. The third-order valence-corrected chi connectivity index (χ3v) is 7.44. The Hall–Kier alpha value is -3.95. The largest absolute Gasteiger partial charge is 0.378 e. The molecule has 0 saturated carbocycles. The zero-order chi connectivity index (χ0) is 26.6. The molecular formula is C30H35N7O2. The zero-order valence-corrected chi connectivity index (χ0v) is 22.4.